The van der Waals surface area contributed by atoms with E-state index in [4.69, 9.17) is 15.5 Å². The van der Waals surface area contributed by atoms with Gasteiger partial charge in [0.05, 0.1) is 29.9 Å². The molecule has 7 rings (SSSR count). The van der Waals surface area contributed by atoms with E-state index in [2.05, 4.69) is 46.5 Å². The van der Waals surface area contributed by atoms with Gasteiger partial charge in [0.15, 0.2) is 5.82 Å². The maximum Gasteiger partial charge on any atom is 0.254 e. The van der Waals surface area contributed by atoms with Crippen LogP contribution in [0.3, 0.4) is 0 Å². The molecule has 4 aromatic rings. The van der Waals surface area contributed by atoms with Gasteiger partial charge in [-0.1, -0.05) is 12.1 Å². The molecule has 2 N–H and O–H groups in total. The summed E-state index contributed by atoms with van der Waals surface area (Å²) >= 11 is 0. The lowest BCUT2D eigenvalue weighted by Gasteiger charge is -2.29. The van der Waals surface area contributed by atoms with Crippen molar-refractivity contribution < 1.29 is 9.53 Å². The summed E-state index contributed by atoms with van der Waals surface area (Å²) in [7, 11) is 2.10. The number of amides is 1. The van der Waals surface area contributed by atoms with Crippen molar-refractivity contribution in [3.63, 3.8) is 0 Å². The van der Waals surface area contributed by atoms with Crippen molar-refractivity contribution in [3.05, 3.63) is 53.1 Å². The minimum Gasteiger partial charge on any atom is -0.380 e. The molecular weight excluding hydrogens is 450 g/mol. The van der Waals surface area contributed by atoms with Gasteiger partial charge in [-0.05, 0) is 67.5 Å². The zero-order chi connectivity index (χ0) is 24.6. The fourth-order valence-corrected chi connectivity index (χ4v) is 5.86. The number of rotatable bonds is 6. The average molecular weight is 484 g/mol. The van der Waals surface area contributed by atoms with Crippen LogP contribution in [-0.4, -0.2) is 57.3 Å². The molecule has 1 amide bonds. The monoisotopic (exact) mass is 483 g/mol. The van der Waals surface area contributed by atoms with E-state index >= 15 is 0 Å². The molecule has 0 radical (unpaired) electrons. The van der Waals surface area contributed by atoms with Gasteiger partial charge in [0.25, 0.3) is 5.91 Å². The Bertz CT molecular complexity index is 1510. The Hall–Kier alpha value is -3.16. The summed E-state index contributed by atoms with van der Waals surface area (Å²) < 4.78 is 10.1. The molecule has 1 aliphatic carbocycles. The van der Waals surface area contributed by atoms with Crippen molar-refractivity contribution in [1.82, 2.24) is 19.0 Å². The molecule has 1 saturated heterocycles. The van der Waals surface area contributed by atoms with E-state index in [0.717, 1.165) is 65.8 Å². The number of carbonyl (C=O) groups excluding carboxylic acids is 1. The molecule has 0 unspecified atom stereocenters. The topological polar surface area (TPSA) is 78.3 Å². The van der Waals surface area contributed by atoms with E-state index < -0.39 is 0 Å². The van der Waals surface area contributed by atoms with Gasteiger partial charge in [-0.2, -0.15) is 0 Å². The SMILES string of the molecule is C[C@@H](N)CN1CCc2cc3c(cc2C1=O)nc(-c1cc2ccc(C4COC4)cc2n1CC1CC1)n3C. The van der Waals surface area contributed by atoms with Crippen molar-refractivity contribution in [2.75, 3.05) is 26.3 Å². The summed E-state index contributed by atoms with van der Waals surface area (Å²) in [4.78, 5) is 20.2. The average Bonchev–Trinajstić information content (AvgIpc) is 3.50. The van der Waals surface area contributed by atoms with Gasteiger partial charge in [0.2, 0.25) is 0 Å². The second-order valence-electron chi connectivity index (χ2n) is 11.1. The lowest BCUT2D eigenvalue weighted by molar-refractivity contribution is 0.00846. The van der Waals surface area contributed by atoms with Gasteiger partial charge in [-0.3, -0.25) is 4.79 Å². The standard InChI is InChI=1S/C29H33N5O2/c1-17(30)13-33-8-7-20-10-26-24(12-23(20)29(33)35)31-28(32(26)2)27-11-21-6-5-19(22-15-36-16-22)9-25(21)34(27)14-18-3-4-18/h5-6,9-12,17-18,22H,3-4,7-8,13-16,30H2,1-2H3/t17-/m1/s1. The molecule has 186 valence electrons. The fourth-order valence-electron chi connectivity index (χ4n) is 5.86. The van der Waals surface area contributed by atoms with Crippen molar-refractivity contribution in [1.29, 1.82) is 0 Å². The number of carbonyl (C=O) groups is 1. The largest absolute Gasteiger partial charge is 0.380 e. The molecule has 4 heterocycles. The summed E-state index contributed by atoms with van der Waals surface area (Å²) in [5.41, 5.74) is 13.6. The minimum atomic E-state index is -0.0357. The highest BCUT2D eigenvalue weighted by Crippen LogP contribution is 2.38. The highest BCUT2D eigenvalue weighted by Gasteiger charge is 2.29. The fraction of sp³-hybridized carbons (Fsp3) is 0.448. The molecule has 3 aliphatic rings. The predicted octanol–water partition coefficient (Wildman–Crippen LogP) is 4.06. The molecule has 7 heteroatoms. The van der Waals surface area contributed by atoms with Crippen molar-refractivity contribution in [2.24, 2.45) is 18.7 Å². The third-order valence-electron chi connectivity index (χ3n) is 8.19. The first-order valence-corrected chi connectivity index (χ1v) is 13.2. The lowest BCUT2D eigenvalue weighted by atomic mass is 9.97. The summed E-state index contributed by atoms with van der Waals surface area (Å²) in [6.45, 7) is 5.90. The normalized spacial score (nSPS) is 19.2. The Balaban J connectivity index is 1.34. The molecule has 1 atom stereocenters. The summed E-state index contributed by atoms with van der Waals surface area (Å²) in [5.74, 6) is 2.27. The third-order valence-corrected chi connectivity index (χ3v) is 8.19. The highest BCUT2D eigenvalue weighted by molar-refractivity contribution is 6.00. The third kappa shape index (κ3) is 3.56. The molecule has 2 aliphatic heterocycles. The number of nitrogens with zero attached hydrogens (tertiary/aromatic N) is 4. The van der Waals surface area contributed by atoms with E-state index in [1.54, 1.807) is 0 Å². The van der Waals surface area contributed by atoms with Crippen LogP contribution in [0.1, 0.15) is 47.2 Å². The first kappa shape index (κ1) is 22.1. The van der Waals surface area contributed by atoms with Crippen LogP contribution in [0.4, 0.5) is 0 Å². The van der Waals surface area contributed by atoms with Crippen LogP contribution in [0.25, 0.3) is 33.5 Å². The van der Waals surface area contributed by atoms with Crippen LogP contribution in [0.15, 0.2) is 36.4 Å². The molecular formula is C29H33N5O2. The summed E-state index contributed by atoms with van der Waals surface area (Å²) in [5, 5.41) is 1.25. The van der Waals surface area contributed by atoms with Gasteiger partial charge < -0.3 is 24.5 Å². The quantitative estimate of drug-likeness (QED) is 0.449. The number of aromatic nitrogens is 3. The Morgan fingerprint density at radius 2 is 1.97 bits per heavy atom. The Labute approximate surface area is 210 Å². The number of aryl methyl sites for hydroxylation is 1. The number of fused-ring (bicyclic) bond motifs is 3. The van der Waals surface area contributed by atoms with Gasteiger partial charge in [0, 0.05) is 55.1 Å². The van der Waals surface area contributed by atoms with Crippen molar-refractivity contribution >= 4 is 27.8 Å². The van der Waals surface area contributed by atoms with Crippen LogP contribution in [0, 0.1) is 5.92 Å². The first-order chi connectivity index (χ1) is 17.5. The number of hydrogen-bond donors (Lipinski definition) is 1. The Morgan fingerprint density at radius 1 is 1.14 bits per heavy atom. The molecule has 36 heavy (non-hydrogen) atoms. The van der Waals surface area contributed by atoms with Crippen LogP contribution in [0.5, 0.6) is 0 Å². The van der Waals surface area contributed by atoms with Gasteiger partial charge in [-0.15, -0.1) is 0 Å². The number of imidazole rings is 1. The summed E-state index contributed by atoms with van der Waals surface area (Å²) in [6.07, 6.45) is 3.44. The van der Waals surface area contributed by atoms with Crippen LogP contribution in [0.2, 0.25) is 0 Å². The number of hydrogen-bond acceptors (Lipinski definition) is 4. The zero-order valence-electron chi connectivity index (χ0n) is 21.0. The van der Waals surface area contributed by atoms with E-state index in [-0.39, 0.29) is 11.9 Å². The zero-order valence-corrected chi connectivity index (χ0v) is 21.0. The lowest BCUT2D eigenvalue weighted by Crippen LogP contribution is -2.43. The maximum absolute atomic E-state index is 13.2. The summed E-state index contributed by atoms with van der Waals surface area (Å²) in [6, 6.07) is 13.3. The predicted molar refractivity (Wildman–Crippen MR) is 141 cm³/mol. The molecule has 2 aromatic carbocycles. The van der Waals surface area contributed by atoms with Crippen LogP contribution < -0.4 is 5.73 Å². The Kier molecular flexibility index (Phi) is 5.02. The number of nitrogens with two attached hydrogens (primary N) is 1. The molecule has 2 aromatic heterocycles. The van der Waals surface area contributed by atoms with E-state index in [1.165, 1.54) is 29.3 Å². The number of benzene rings is 2. The van der Waals surface area contributed by atoms with E-state index in [0.29, 0.717) is 19.0 Å². The molecule has 1 saturated carbocycles. The van der Waals surface area contributed by atoms with E-state index in [9.17, 15) is 4.79 Å². The van der Waals surface area contributed by atoms with Crippen LogP contribution in [-0.2, 0) is 24.8 Å². The minimum absolute atomic E-state index is 0.0357. The molecule has 0 bridgehead atoms. The Morgan fingerprint density at radius 3 is 2.69 bits per heavy atom. The van der Waals surface area contributed by atoms with Crippen molar-refractivity contribution in [3.8, 4) is 11.5 Å². The molecule has 0 spiro atoms. The van der Waals surface area contributed by atoms with E-state index in [1.807, 2.05) is 17.9 Å². The smallest absolute Gasteiger partial charge is 0.254 e. The second kappa shape index (κ2) is 8.18. The number of ether oxygens (including phenoxy) is 1. The molecule has 2 fully saturated rings. The van der Waals surface area contributed by atoms with Crippen LogP contribution >= 0.6 is 0 Å². The molecule has 7 nitrogen and oxygen atoms in total. The van der Waals surface area contributed by atoms with Gasteiger partial charge in [-0.25, -0.2) is 4.98 Å². The highest BCUT2D eigenvalue weighted by atomic mass is 16.5. The first-order valence-electron chi connectivity index (χ1n) is 13.2. The van der Waals surface area contributed by atoms with Gasteiger partial charge in [0.1, 0.15) is 0 Å². The van der Waals surface area contributed by atoms with Gasteiger partial charge >= 0.3 is 0 Å². The maximum atomic E-state index is 13.2. The second-order valence-corrected chi connectivity index (χ2v) is 11.1. The van der Waals surface area contributed by atoms with Crippen molar-refractivity contribution in [2.45, 2.75) is 44.7 Å².